The number of ether oxygens (including phenoxy) is 2. The van der Waals surface area contributed by atoms with Crippen LogP contribution in [-0.4, -0.2) is 86.3 Å². The van der Waals surface area contributed by atoms with E-state index in [-0.39, 0.29) is 42.2 Å². The normalized spacial score (nSPS) is 20.1. The van der Waals surface area contributed by atoms with Crippen molar-refractivity contribution in [2.24, 2.45) is 5.92 Å². The number of aliphatic hydroxyl groups excluding tert-OH is 1. The molecule has 1 aliphatic heterocycles. The summed E-state index contributed by atoms with van der Waals surface area (Å²) in [6.07, 6.45) is 1.36. The highest BCUT2D eigenvalue weighted by molar-refractivity contribution is 7.89. The standard InChI is InChI=1S/C36H47FN4O7S/c1-24-9-16-31(17-10-24)49(45,46)40(5)22-34-25(2)21-41(26(3)23-42)35(43)32-20-30(39-36(44)38-29-13-11-28(37)12-14-29)15-18-33(32)48-27(4)8-6-7-19-47-34/h9-18,20,25-27,34,42H,6-8,19,21-23H2,1-5H3,(H2,38,39,44)/t25-,26-,27+,34-/m0/s1. The van der Waals surface area contributed by atoms with Crippen LogP contribution in [0, 0.1) is 18.7 Å². The average molecular weight is 699 g/mol. The highest BCUT2D eigenvalue weighted by Crippen LogP contribution is 2.29. The van der Waals surface area contributed by atoms with Gasteiger partial charge in [-0.3, -0.25) is 4.79 Å². The Morgan fingerprint density at radius 2 is 1.69 bits per heavy atom. The lowest BCUT2D eigenvalue weighted by Gasteiger charge is -2.35. The lowest BCUT2D eigenvalue weighted by atomic mass is 10.0. The van der Waals surface area contributed by atoms with Gasteiger partial charge in [0.2, 0.25) is 10.0 Å². The Balaban J connectivity index is 1.62. The minimum atomic E-state index is -3.81. The number of urea groups is 1. The number of carbonyl (C=O) groups is 2. The summed E-state index contributed by atoms with van der Waals surface area (Å²) in [5.74, 6) is -0.881. The Morgan fingerprint density at radius 3 is 2.37 bits per heavy atom. The molecule has 4 rings (SSSR count). The van der Waals surface area contributed by atoms with E-state index in [1.807, 2.05) is 20.8 Å². The van der Waals surface area contributed by atoms with Crippen molar-refractivity contribution in [2.45, 2.75) is 70.1 Å². The van der Waals surface area contributed by atoms with E-state index >= 15 is 0 Å². The first kappa shape index (κ1) is 37.8. The van der Waals surface area contributed by atoms with Gasteiger partial charge in [0.15, 0.2) is 0 Å². The largest absolute Gasteiger partial charge is 0.490 e. The Labute approximate surface area is 288 Å². The molecule has 1 heterocycles. The maximum Gasteiger partial charge on any atom is 0.323 e. The van der Waals surface area contributed by atoms with Gasteiger partial charge in [-0.25, -0.2) is 17.6 Å². The summed E-state index contributed by atoms with van der Waals surface area (Å²) >= 11 is 0. The number of amides is 3. The first-order valence-electron chi connectivity index (χ1n) is 16.5. The predicted octanol–water partition coefficient (Wildman–Crippen LogP) is 5.89. The van der Waals surface area contributed by atoms with E-state index in [9.17, 15) is 27.5 Å². The van der Waals surface area contributed by atoms with Gasteiger partial charge in [0.25, 0.3) is 5.91 Å². The molecule has 0 saturated heterocycles. The fourth-order valence-corrected chi connectivity index (χ4v) is 6.71. The summed E-state index contributed by atoms with van der Waals surface area (Å²) in [5, 5.41) is 15.6. The molecule has 49 heavy (non-hydrogen) atoms. The van der Waals surface area contributed by atoms with E-state index < -0.39 is 39.9 Å². The maximum absolute atomic E-state index is 14.3. The third-order valence-corrected chi connectivity index (χ3v) is 10.4. The van der Waals surface area contributed by atoms with E-state index in [4.69, 9.17) is 9.47 Å². The Hall–Kier alpha value is -4.04. The number of sulfonamides is 1. The second-order valence-corrected chi connectivity index (χ2v) is 14.7. The number of fused-ring (bicyclic) bond motifs is 1. The topological polar surface area (TPSA) is 138 Å². The van der Waals surface area contributed by atoms with Crippen molar-refractivity contribution in [2.75, 3.05) is 44.0 Å². The fourth-order valence-electron chi connectivity index (χ4n) is 5.53. The summed E-state index contributed by atoms with van der Waals surface area (Å²) in [7, 11) is -2.29. The third kappa shape index (κ3) is 10.2. The average Bonchev–Trinajstić information content (AvgIpc) is 3.07. The summed E-state index contributed by atoms with van der Waals surface area (Å²) in [6.45, 7) is 7.68. The SMILES string of the molecule is Cc1ccc(S(=O)(=O)N(C)C[C@@H]2OCCCC[C@@H](C)Oc3ccc(NC(=O)Nc4ccc(F)cc4)cc3C(=O)N([C@@H](C)CO)C[C@@H]2C)cc1. The molecule has 1 aliphatic rings. The smallest absolute Gasteiger partial charge is 0.323 e. The molecule has 11 nitrogen and oxygen atoms in total. The van der Waals surface area contributed by atoms with Gasteiger partial charge in [0.1, 0.15) is 11.6 Å². The van der Waals surface area contributed by atoms with E-state index in [1.165, 1.54) is 46.6 Å². The molecule has 3 amide bonds. The van der Waals surface area contributed by atoms with Crippen molar-refractivity contribution in [1.82, 2.24) is 9.21 Å². The monoisotopic (exact) mass is 698 g/mol. The lowest BCUT2D eigenvalue weighted by molar-refractivity contribution is -0.00833. The number of anilines is 2. The van der Waals surface area contributed by atoms with Crippen LogP contribution in [0.25, 0.3) is 0 Å². The molecule has 0 aliphatic carbocycles. The van der Waals surface area contributed by atoms with Crippen LogP contribution in [0.15, 0.2) is 71.6 Å². The number of carbonyl (C=O) groups excluding carboxylic acids is 2. The molecule has 13 heteroatoms. The van der Waals surface area contributed by atoms with Gasteiger partial charge in [0.05, 0.1) is 35.3 Å². The summed E-state index contributed by atoms with van der Waals surface area (Å²) < 4.78 is 54.1. The number of halogens is 1. The zero-order chi connectivity index (χ0) is 35.7. The van der Waals surface area contributed by atoms with E-state index in [1.54, 1.807) is 43.3 Å². The number of hydrogen-bond acceptors (Lipinski definition) is 7. The summed E-state index contributed by atoms with van der Waals surface area (Å²) in [6, 6.07) is 15.6. The molecule has 0 fully saturated rings. The third-order valence-electron chi connectivity index (χ3n) is 8.58. The second kappa shape index (κ2) is 17.1. The molecular weight excluding hydrogens is 651 g/mol. The summed E-state index contributed by atoms with van der Waals surface area (Å²) in [5.41, 5.74) is 1.84. The second-order valence-electron chi connectivity index (χ2n) is 12.7. The molecule has 0 unspecified atom stereocenters. The van der Waals surface area contributed by atoms with Crippen molar-refractivity contribution >= 4 is 33.3 Å². The zero-order valence-corrected chi connectivity index (χ0v) is 29.5. The lowest BCUT2D eigenvalue weighted by Crippen LogP contribution is -2.48. The maximum atomic E-state index is 14.3. The Bertz CT molecular complexity index is 1670. The van der Waals surface area contributed by atoms with Crippen LogP contribution >= 0.6 is 0 Å². The number of aryl methyl sites for hydroxylation is 1. The highest BCUT2D eigenvalue weighted by atomic mass is 32.2. The number of likely N-dealkylation sites (N-methyl/N-ethyl adjacent to an activating group) is 1. The Morgan fingerprint density at radius 1 is 1.04 bits per heavy atom. The molecular formula is C36H47FN4O7S. The van der Waals surface area contributed by atoms with E-state index in [2.05, 4.69) is 10.6 Å². The van der Waals surface area contributed by atoms with Gasteiger partial charge in [0, 0.05) is 44.0 Å². The van der Waals surface area contributed by atoms with E-state index in [0.717, 1.165) is 18.4 Å². The zero-order valence-electron chi connectivity index (χ0n) is 28.7. The highest BCUT2D eigenvalue weighted by Gasteiger charge is 2.32. The first-order valence-corrected chi connectivity index (χ1v) is 17.9. The van der Waals surface area contributed by atoms with Crippen LogP contribution in [0.5, 0.6) is 5.75 Å². The summed E-state index contributed by atoms with van der Waals surface area (Å²) in [4.78, 5) is 28.8. The van der Waals surface area contributed by atoms with Crippen molar-refractivity contribution in [3.63, 3.8) is 0 Å². The molecule has 0 aromatic heterocycles. The number of nitrogens with one attached hydrogen (secondary N) is 2. The Kier molecular flexibility index (Phi) is 13.2. The fraction of sp³-hybridized carbons (Fsp3) is 0.444. The van der Waals surface area contributed by atoms with Gasteiger partial charge in [-0.05, 0) is 94.6 Å². The predicted molar refractivity (Wildman–Crippen MR) is 187 cm³/mol. The molecule has 3 aromatic rings. The number of aliphatic hydroxyl groups is 1. The van der Waals surface area contributed by atoms with Crippen molar-refractivity contribution in [3.8, 4) is 5.75 Å². The number of rotatable bonds is 8. The van der Waals surface area contributed by atoms with Gasteiger partial charge in [-0.1, -0.05) is 24.6 Å². The molecule has 0 saturated carbocycles. The molecule has 0 radical (unpaired) electrons. The van der Waals surface area contributed by atoms with E-state index in [0.29, 0.717) is 30.2 Å². The minimum Gasteiger partial charge on any atom is -0.490 e. The molecule has 3 aromatic carbocycles. The quantitative estimate of drug-likeness (QED) is 0.267. The first-order chi connectivity index (χ1) is 23.3. The van der Waals surface area contributed by atoms with Gasteiger partial charge < -0.3 is 30.1 Å². The van der Waals surface area contributed by atoms with Crippen molar-refractivity contribution in [3.05, 3.63) is 83.7 Å². The van der Waals surface area contributed by atoms with Gasteiger partial charge in [-0.2, -0.15) is 4.31 Å². The van der Waals surface area contributed by atoms with Crippen LogP contribution in [0.1, 0.15) is 56.0 Å². The van der Waals surface area contributed by atoms with Crippen LogP contribution < -0.4 is 15.4 Å². The molecule has 4 atom stereocenters. The van der Waals surface area contributed by atoms with Crippen LogP contribution in [0.3, 0.4) is 0 Å². The van der Waals surface area contributed by atoms with Gasteiger partial charge >= 0.3 is 6.03 Å². The molecule has 0 bridgehead atoms. The number of nitrogens with zero attached hydrogens (tertiary/aromatic N) is 2. The van der Waals surface area contributed by atoms with Crippen LogP contribution in [0.2, 0.25) is 0 Å². The van der Waals surface area contributed by atoms with Crippen LogP contribution in [0.4, 0.5) is 20.6 Å². The molecule has 3 N–H and O–H groups in total. The molecule has 0 spiro atoms. The van der Waals surface area contributed by atoms with Crippen molar-refractivity contribution in [1.29, 1.82) is 0 Å². The van der Waals surface area contributed by atoms with Gasteiger partial charge in [-0.15, -0.1) is 0 Å². The number of hydrogen-bond donors (Lipinski definition) is 3. The molecule has 266 valence electrons. The minimum absolute atomic E-state index is 0.0558. The number of benzene rings is 3. The van der Waals surface area contributed by atoms with Crippen molar-refractivity contribution < 1.29 is 37.0 Å². The van der Waals surface area contributed by atoms with Crippen LogP contribution in [-0.2, 0) is 14.8 Å².